The van der Waals surface area contributed by atoms with E-state index in [4.69, 9.17) is 32.5 Å². The first-order chi connectivity index (χ1) is 7.20. The fourth-order valence-electron chi connectivity index (χ4n) is 0.829. The number of alkyl halides is 4. The van der Waals surface area contributed by atoms with Gasteiger partial charge in [0.05, 0.1) is 0 Å². The zero-order valence-electron chi connectivity index (χ0n) is 8.43. The number of hydrogen-bond donors (Lipinski definition) is 0. The molecule has 90 valence electrons. The summed E-state index contributed by atoms with van der Waals surface area (Å²) in [7, 11) is 0.160. The van der Waals surface area contributed by atoms with Crippen LogP contribution in [0, 0.1) is 0 Å². The molecule has 7 heteroatoms. The highest BCUT2D eigenvalue weighted by Crippen LogP contribution is 2.11. The van der Waals surface area contributed by atoms with E-state index in [2.05, 4.69) is 31.9 Å². The van der Waals surface area contributed by atoms with E-state index >= 15 is 0 Å². The molecule has 0 amide bonds. The molecule has 15 heavy (non-hydrogen) atoms. The summed E-state index contributed by atoms with van der Waals surface area (Å²) < 4.78 is 10.4. The van der Waals surface area contributed by atoms with E-state index < -0.39 is 0 Å². The van der Waals surface area contributed by atoms with E-state index in [9.17, 15) is 0 Å². The Balaban J connectivity index is 3.27. The fraction of sp³-hybridized carbons (Fsp3) is 1.00. The van der Waals surface area contributed by atoms with E-state index in [0.717, 1.165) is 36.3 Å². The highest BCUT2D eigenvalue weighted by molar-refractivity contribution is 9.09. The molecule has 0 aromatic heterocycles. The van der Waals surface area contributed by atoms with Crippen LogP contribution in [-0.2, 0) is 9.31 Å². The van der Waals surface area contributed by atoms with Gasteiger partial charge in [-0.2, -0.15) is 0 Å². The molecule has 0 bridgehead atoms. The lowest BCUT2D eigenvalue weighted by atomic mass is 10.3. The van der Waals surface area contributed by atoms with Gasteiger partial charge in [-0.05, 0) is 25.7 Å². The van der Waals surface area contributed by atoms with Gasteiger partial charge in [0.1, 0.15) is 11.1 Å². The van der Waals surface area contributed by atoms with Crippen LogP contribution in [0.4, 0.5) is 0 Å². The average molecular weight is 385 g/mol. The fourth-order valence-corrected chi connectivity index (χ4v) is 1.89. The van der Waals surface area contributed by atoms with E-state index in [-0.39, 0.29) is 18.8 Å². The van der Waals surface area contributed by atoms with Gasteiger partial charge in [0.25, 0.3) is 0 Å². The van der Waals surface area contributed by atoms with Crippen molar-refractivity contribution in [2.45, 2.75) is 36.8 Å². The molecular weight excluding hydrogens is 370 g/mol. The molecule has 2 atom stereocenters. The molecule has 0 heterocycles. The van der Waals surface area contributed by atoms with Gasteiger partial charge in [-0.15, -0.1) is 0 Å². The highest BCUT2D eigenvalue weighted by atomic mass is 79.9. The normalized spacial score (nSPS) is 14.9. The molecular formula is C8H15BBr2Cl2O2. The summed E-state index contributed by atoms with van der Waals surface area (Å²) in [6, 6.07) is 0. The monoisotopic (exact) mass is 382 g/mol. The number of hydrogen-bond acceptors (Lipinski definition) is 2. The number of halogens is 4. The SMILES string of the molecule is ClC(CCCBr)OBOC(Cl)CCCBr. The summed E-state index contributed by atoms with van der Waals surface area (Å²) >= 11 is 18.4. The van der Waals surface area contributed by atoms with Crippen LogP contribution in [0.5, 0.6) is 0 Å². The predicted octanol–water partition coefficient (Wildman–Crippen LogP) is 3.77. The van der Waals surface area contributed by atoms with E-state index in [1.54, 1.807) is 0 Å². The van der Waals surface area contributed by atoms with Gasteiger partial charge in [-0.25, -0.2) is 0 Å². The third kappa shape index (κ3) is 11.8. The van der Waals surface area contributed by atoms with E-state index in [1.165, 1.54) is 0 Å². The lowest BCUT2D eigenvalue weighted by Crippen LogP contribution is -2.16. The molecule has 0 saturated carbocycles. The van der Waals surface area contributed by atoms with Gasteiger partial charge in [0, 0.05) is 10.7 Å². The average Bonchev–Trinajstić information content (AvgIpc) is 2.23. The quantitative estimate of drug-likeness (QED) is 0.422. The molecule has 0 N–H and O–H groups in total. The first-order valence-corrected chi connectivity index (χ1v) is 7.95. The zero-order chi connectivity index (χ0) is 11.5. The second kappa shape index (κ2) is 12.0. The molecule has 0 aliphatic rings. The minimum absolute atomic E-state index is 0.160. The van der Waals surface area contributed by atoms with Crippen LogP contribution in [0.2, 0.25) is 0 Å². The highest BCUT2D eigenvalue weighted by Gasteiger charge is 2.09. The molecule has 0 aliphatic carbocycles. The predicted molar refractivity (Wildman–Crippen MR) is 74.7 cm³/mol. The van der Waals surface area contributed by atoms with Crippen molar-refractivity contribution in [2.24, 2.45) is 0 Å². The Labute approximate surface area is 119 Å². The first kappa shape index (κ1) is 16.5. The van der Waals surface area contributed by atoms with Gasteiger partial charge in [-0.3, -0.25) is 0 Å². The Kier molecular flexibility index (Phi) is 13.2. The third-order valence-electron chi connectivity index (χ3n) is 1.63. The maximum absolute atomic E-state index is 5.87. The van der Waals surface area contributed by atoms with Crippen molar-refractivity contribution in [3.8, 4) is 0 Å². The Hall–Kier alpha value is 1.52. The lowest BCUT2D eigenvalue weighted by Gasteiger charge is -2.12. The Morgan fingerprint density at radius 1 is 0.933 bits per heavy atom. The molecule has 0 aliphatic heterocycles. The zero-order valence-corrected chi connectivity index (χ0v) is 13.1. The molecule has 0 aromatic rings. The molecule has 2 unspecified atom stereocenters. The Morgan fingerprint density at radius 2 is 1.33 bits per heavy atom. The number of rotatable bonds is 10. The summed E-state index contributed by atoms with van der Waals surface area (Å²) in [5, 5.41) is 1.87. The van der Waals surface area contributed by atoms with Crippen molar-refractivity contribution in [2.75, 3.05) is 10.7 Å². The van der Waals surface area contributed by atoms with Crippen molar-refractivity contribution in [1.29, 1.82) is 0 Å². The van der Waals surface area contributed by atoms with Gasteiger partial charge in [-0.1, -0.05) is 55.1 Å². The maximum atomic E-state index is 5.87. The van der Waals surface area contributed by atoms with Crippen molar-refractivity contribution in [1.82, 2.24) is 0 Å². The van der Waals surface area contributed by atoms with E-state index in [0.29, 0.717) is 0 Å². The molecule has 0 saturated heterocycles. The van der Waals surface area contributed by atoms with Crippen LogP contribution in [0.15, 0.2) is 0 Å². The Morgan fingerprint density at radius 3 is 1.67 bits per heavy atom. The molecule has 0 aromatic carbocycles. The minimum Gasteiger partial charge on any atom is -0.397 e. The third-order valence-corrected chi connectivity index (χ3v) is 3.44. The van der Waals surface area contributed by atoms with Crippen LogP contribution in [0.3, 0.4) is 0 Å². The molecule has 0 fully saturated rings. The van der Waals surface area contributed by atoms with Gasteiger partial charge < -0.3 is 9.31 Å². The summed E-state index contributed by atoms with van der Waals surface area (Å²) in [4.78, 5) is 0. The van der Waals surface area contributed by atoms with Gasteiger partial charge in [0.2, 0.25) is 0 Å². The second-order valence-electron chi connectivity index (χ2n) is 2.93. The van der Waals surface area contributed by atoms with Gasteiger partial charge >= 0.3 is 7.69 Å². The Bertz CT molecular complexity index is 132. The van der Waals surface area contributed by atoms with Crippen molar-refractivity contribution < 1.29 is 9.31 Å². The van der Waals surface area contributed by atoms with Crippen LogP contribution >= 0.6 is 55.1 Å². The molecule has 0 radical (unpaired) electrons. The summed E-state index contributed by atoms with van der Waals surface area (Å²) in [5.74, 6) is 0. The van der Waals surface area contributed by atoms with E-state index in [1.807, 2.05) is 0 Å². The minimum atomic E-state index is -0.289. The van der Waals surface area contributed by atoms with Crippen LogP contribution in [0.1, 0.15) is 25.7 Å². The first-order valence-electron chi connectivity index (χ1n) is 4.84. The largest absolute Gasteiger partial charge is 0.440 e. The molecule has 0 spiro atoms. The van der Waals surface area contributed by atoms with Crippen LogP contribution in [0.25, 0.3) is 0 Å². The standard InChI is InChI=1S/C8H15BBr2Cl2O2/c10-5-1-3-7(12)14-9-15-8(13)4-2-6-11/h7-9H,1-6H2. The van der Waals surface area contributed by atoms with Gasteiger partial charge in [0.15, 0.2) is 0 Å². The molecule has 0 rings (SSSR count). The summed E-state index contributed by atoms with van der Waals surface area (Å²) in [5.41, 5.74) is -0.579. The summed E-state index contributed by atoms with van der Waals surface area (Å²) in [6.45, 7) is 0. The van der Waals surface area contributed by atoms with Crippen LogP contribution in [-0.4, -0.2) is 29.5 Å². The van der Waals surface area contributed by atoms with Crippen LogP contribution < -0.4 is 0 Å². The topological polar surface area (TPSA) is 18.5 Å². The smallest absolute Gasteiger partial charge is 0.397 e. The summed E-state index contributed by atoms with van der Waals surface area (Å²) in [6.07, 6.45) is 3.60. The van der Waals surface area contributed by atoms with Crippen molar-refractivity contribution in [3.05, 3.63) is 0 Å². The van der Waals surface area contributed by atoms with Crippen molar-refractivity contribution in [3.63, 3.8) is 0 Å². The maximum Gasteiger partial charge on any atom is 0.440 e. The second-order valence-corrected chi connectivity index (χ2v) is 5.49. The van der Waals surface area contributed by atoms with Crippen molar-refractivity contribution >= 4 is 62.7 Å². The lowest BCUT2D eigenvalue weighted by molar-refractivity contribution is 0.179. The molecule has 2 nitrogen and oxygen atoms in total.